The number of amides is 2. The molecule has 0 aromatic heterocycles. The summed E-state index contributed by atoms with van der Waals surface area (Å²) in [4.78, 5) is 23.5. The summed E-state index contributed by atoms with van der Waals surface area (Å²) in [6.45, 7) is 2.81. The average Bonchev–Trinajstić information content (AvgIpc) is 2.49. The molecule has 0 aromatic rings. The molecule has 0 saturated carbocycles. The summed E-state index contributed by atoms with van der Waals surface area (Å²) in [5.74, 6) is -0.800. The Labute approximate surface area is 94.8 Å². The van der Waals surface area contributed by atoms with Crippen LogP contribution in [0.4, 0.5) is 4.79 Å². The second-order valence-electron chi connectivity index (χ2n) is 4.09. The molecule has 1 fully saturated rings. The molecule has 6 heteroatoms. The minimum Gasteiger partial charge on any atom is -0.481 e. The molecule has 0 bridgehead atoms. The van der Waals surface area contributed by atoms with Crippen LogP contribution >= 0.6 is 0 Å². The van der Waals surface area contributed by atoms with Gasteiger partial charge >= 0.3 is 12.0 Å². The van der Waals surface area contributed by atoms with Gasteiger partial charge < -0.3 is 16.2 Å². The summed E-state index contributed by atoms with van der Waals surface area (Å²) >= 11 is 0. The lowest BCUT2D eigenvalue weighted by atomic mass is 10.1. The Morgan fingerprint density at radius 2 is 2.19 bits per heavy atom. The number of hydrogen-bond acceptors (Lipinski definition) is 3. The van der Waals surface area contributed by atoms with Gasteiger partial charge in [-0.05, 0) is 19.3 Å². The molecule has 6 nitrogen and oxygen atoms in total. The summed E-state index contributed by atoms with van der Waals surface area (Å²) in [6, 6.07) is -0.545. The van der Waals surface area contributed by atoms with Crippen molar-refractivity contribution in [1.29, 1.82) is 0 Å². The number of rotatable bonds is 5. The van der Waals surface area contributed by atoms with Crippen LogP contribution in [0.5, 0.6) is 0 Å². The number of primary amides is 1. The Morgan fingerprint density at radius 1 is 1.50 bits per heavy atom. The van der Waals surface area contributed by atoms with Gasteiger partial charge in [0, 0.05) is 12.6 Å². The number of nitrogens with one attached hydrogen (secondary N) is 1. The monoisotopic (exact) mass is 229 g/mol. The zero-order chi connectivity index (χ0) is 12.1. The van der Waals surface area contributed by atoms with Crippen molar-refractivity contribution in [3.05, 3.63) is 0 Å². The van der Waals surface area contributed by atoms with E-state index < -0.39 is 12.0 Å². The van der Waals surface area contributed by atoms with E-state index in [0.717, 1.165) is 25.8 Å². The molecule has 0 aliphatic carbocycles. The first kappa shape index (κ1) is 12.8. The Bertz CT molecular complexity index is 246. The summed E-state index contributed by atoms with van der Waals surface area (Å²) in [5.41, 5.74) is 5.08. The lowest BCUT2D eigenvalue weighted by molar-refractivity contribution is -0.138. The predicted molar refractivity (Wildman–Crippen MR) is 58.8 cm³/mol. The second kappa shape index (κ2) is 5.69. The zero-order valence-electron chi connectivity index (χ0n) is 9.48. The Kier molecular flexibility index (Phi) is 4.54. The number of nitrogens with two attached hydrogens (primary N) is 1. The number of hydrogen-bond donors (Lipinski definition) is 3. The molecular weight excluding hydrogens is 210 g/mol. The Balaban J connectivity index is 2.60. The van der Waals surface area contributed by atoms with E-state index in [9.17, 15) is 9.59 Å². The van der Waals surface area contributed by atoms with Crippen molar-refractivity contribution >= 4 is 12.0 Å². The van der Waals surface area contributed by atoms with E-state index in [-0.39, 0.29) is 18.6 Å². The predicted octanol–water partition coefficient (Wildman–Crippen LogP) is 0.330. The van der Waals surface area contributed by atoms with Gasteiger partial charge in [-0.2, -0.15) is 0 Å². The third kappa shape index (κ3) is 3.37. The number of aliphatic carboxylic acids is 1. The van der Waals surface area contributed by atoms with Crippen molar-refractivity contribution < 1.29 is 14.7 Å². The van der Waals surface area contributed by atoms with Gasteiger partial charge in [0.2, 0.25) is 0 Å². The molecule has 0 radical (unpaired) electrons. The molecule has 1 rings (SSSR count). The minimum atomic E-state index is -0.800. The summed E-state index contributed by atoms with van der Waals surface area (Å²) in [6.07, 6.45) is 2.49. The van der Waals surface area contributed by atoms with E-state index in [4.69, 9.17) is 10.8 Å². The van der Waals surface area contributed by atoms with Crippen LogP contribution < -0.4 is 11.1 Å². The number of carbonyl (C=O) groups is 2. The van der Waals surface area contributed by atoms with Gasteiger partial charge in [0.15, 0.2) is 0 Å². The van der Waals surface area contributed by atoms with Crippen LogP contribution in [0.3, 0.4) is 0 Å². The quantitative estimate of drug-likeness (QED) is 0.633. The molecule has 2 atom stereocenters. The Morgan fingerprint density at radius 3 is 2.69 bits per heavy atom. The highest BCUT2D eigenvalue weighted by molar-refractivity contribution is 5.72. The van der Waals surface area contributed by atoms with Crippen LogP contribution in [0, 0.1) is 0 Å². The van der Waals surface area contributed by atoms with Crippen molar-refractivity contribution in [2.75, 3.05) is 6.54 Å². The first-order valence-electron chi connectivity index (χ1n) is 5.58. The summed E-state index contributed by atoms with van der Waals surface area (Å²) < 4.78 is 0. The summed E-state index contributed by atoms with van der Waals surface area (Å²) in [5, 5.41) is 11.4. The minimum absolute atomic E-state index is 0.00861. The van der Waals surface area contributed by atoms with E-state index in [1.165, 1.54) is 0 Å². The van der Waals surface area contributed by atoms with E-state index in [1.54, 1.807) is 0 Å². The fourth-order valence-corrected chi connectivity index (χ4v) is 2.27. The highest BCUT2D eigenvalue weighted by atomic mass is 16.4. The average molecular weight is 229 g/mol. The van der Waals surface area contributed by atoms with Gasteiger partial charge in [0.05, 0.1) is 12.6 Å². The molecule has 0 spiro atoms. The van der Waals surface area contributed by atoms with Crippen molar-refractivity contribution in [2.24, 2.45) is 5.73 Å². The van der Waals surface area contributed by atoms with Crippen molar-refractivity contribution in [1.82, 2.24) is 10.2 Å². The molecular formula is C10H19N3O3. The van der Waals surface area contributed by atoms with Crippen molar-refractivity contribution in [3.8, 4) is 0 Å². The fraction of sp³-hybridized carbons (Fsp3) is 0.800. The highest BCUT2D eigenvalue weighted by Crippen LogP contribution is 2.24. The van der Waals surface area contributed by atoms with E-state index >= 15 is 0 Å². The van der Waals surface area contributed by atoms with E-state index in [2.05, 4.69) is 5.32 Å². The van der Waals surface area contributed by atoms with Gasteiger partial charge in [0.1, 0.15) is 0 Å². The van der Waals surface area contributed by atoms with Gasteiger partial charge in [-0.1, -0.05) is 6.92 Å². The molecule has 1 aliphatic rings. The third-order valence-electron chi connectivity index (χ3n) is 2.84. The second-order valence-corrected chi connectivity index (χ2v) is 4.09. The first-order chi connectivity index (χ1) is 7.54. The van der Waals surface area contributed by atoms with Crippen LogP contribution in [-0.2, 0) is 4.79 Å². The van der Waals surface area contributed by atoms with E-state index in [0.29, 0.717) is 0 Å². The number of nitrogens with zero attached hydrogens (tertiary/aromatic N) is 1. The topological polar surface area (TPSA) is 95.7 Å². The van der Waals surface area contributed by atoms with Crippen LogP contribution in [-0.4, -0.2) is 40.8 Å². The number of carboxylic acid groups (broad SMARTS) is 1. The van der Waals surface area contributed by atoms with Crippen molar-refractivity contribution in [2.45, 2.75) is 44.8 Å². The smallest absolute Gasteiger partial charge is 0.313 e. The molecule has 2 unspecified atom stereocenters. The van der Waals surface area contributed by atoms with Gasteiger partial charge in [-0.3, -0.25) is 9.69 Å². The molecule has 2 amide bonds. The summed E-state index contributed by atoms with van der Waals surface area (Å²) in [7, 11) is 0. The maximum atomic E-state index is 10.8. The number of urea groups is 1. The number of likely N-dealkylation sites (tertiary alicyclic amines) is 1. The number of carboxylic acids is 1. The Hall–Kier alpha value is -1.30. The van der Waals surface area contributed by atoms with Gasteiger partial charge in [-0.25, -0.2) is 4.79 Å². The van der Waals surface area contributed by atoms with E-state index in [1.807, 2.05) is 11.8 Å². The van der Waals surface area contributed by atoms with Crippen LogP contribution in [0.2, 0.25) is 0 Å². The lowest BCUT2D eigenvalue weighted by Gasteiger charge is -2.29. The maximum absolute atomic E-state index is 10.8. The van der Waals surface area contributed by atoms with Crippen molar-refractivity contribution in [3.63, 3.8) is 0 Å². The molecule has 1 aliphatic heterocycles. The normalized spacial score (nSPS) is 25.6. The van der Waals surface area contributed by atoms with Crippen LogP contribution in [0.15, 0.2) is 0 Å². The van der Waals surface area contributed by atoms with Gasteiger partial charge in [0.25, 0.3) is 0 Å². The third-order valence-corrected chi connectivity index (χ3v) is 2.84. The molecule has 16 heavy (non-hydrogen) atoms. The van der Waals surface area contributed by atoms with Gasteiger partial charge in [-0.15, -0.1) is 0 Å². The maximum Gasteiger partial charge on any atom is 0.313 e. The fourth-order valence-electron chi connectivity index (χ4n) is 2.27. The van der Waals surface area contributed by atoms with Crippen LogP contribution in [0.25, 0.3) is 0 Å². The SMILES string of the molecule is CCCN1C(CC(=O)O)CCC1NC(N)=O. The lowest BCUT2D eigenvalue weighted by Crippen LogP contribution is -2.49. The first-order valence-corrected chi connectivity index (χ1v) is 5.58. The highest BCUT2D eigenvalue weighted by Gasteiger charge is 2.34. The molecule has 1 saturated heterocycles. The molecule has 0 aromatic carbocycles. The molecule has 92 valence electrons. The standard InChI is InChI=1S/C10H19N3O3/c1-2-5-13-7(6-9(14)15)3-4-8(13)12-10(11)16/h7-8H,2-6H2,1H3,(H,14,15)(H3,11,12,16). The molecule has 4 N–H and O–H groups in total. The van der Waals surface area contributed by atoms with Crippen LogP contribution in [0.1, 0.15) is 32.6 Å². The molecule has 1 heterocycles. The zero-order valence-corrected chi connectivity index (χ0v) is 9.48. The number of carbonyl (C=O) groups excluding carboxylic acids is 1. The largest absolute Gasteiger partial charge is 0.481 e.